The topological polar surface area (TPSA) is 28.7 Å². The normalized spacial score (nSPS) is 12.4. The Balaban J connectivity index is 2.53. The molecule has 64 valence electrons. The van der Waals surface area contributed by atoms with E-state index in [9.17, 15) is 0 Å². The molecule has 0 unspecified atom stereocenters. The lowest BCUT2D eigenvalue weighted by atomic mass is 10.1. The van der Waals surface area contributed by atoms with Gasteiger partial charge in [-0.25, -0.2) is 0 Å². The van der Waals surface area contributed by atoms with Crippen LogP contribution < -0.4 is 0 Å². The molecule has 0 N–H and O–H groups in total. The van der Waals surface area contributed by atoms with Crippen molar-refractivity contribution >= 4 is 0 Å². The number of nitriles is 1. The number of nitrogens with zero attached hydrogens (tertiary/aromatic N) is 2. The molecule has 0 amide bonds. The quantitative estimate of drug-likeness (QED) is 0.670. The van der Waals surface area contributed by atoms with Gasteiger partial charge in [-0.2, -0.15) is 5.26 Å². The van der Waals surface area contributed by atoms with E-state index in [-0.39, 0.29) is 0 Å². The van der Waals surface area contributed by atoms with E-state index >= 15 is 0 Å². The van der Waals surface area contributed by atoms with Gasteiger partial charge in [-0.3, -0.25) is 0 Å². The Kier molecular flexibility index (Phi) is 2.93. The van der Waals surface area contributed by atoms with Gasteiger partial charge in [0.05, 0.1) is 6.07 Å². The van der Waals surface area contributed by atoms with E-state index in [4.69, 9.17) is 5.26 Å². The average molecular weight is 162 g/mol. The van der Waals surface area contributed by atoms with Crippen LogP contribution in [-0.2, 0) is 6.54 Å². The first-order valence-electron chi connectivity index (χ1n) is 4.22. The molecule has 0 fully saturated rings. The van der Waals surface area contributed by atoms with Gasteiger partial charge in [0.15, 0.2) is 0 Å². The fraction of sp³-hybridized carbons (Fsp3) is 0.500. The van der Waals surface area contributed by atoms with Crippen LogP contribution in [0.2, 0.25) is 0 Å². The molecule has 0 radical (unpaired) electrons. The lowest BCUT2D eigenvalue weighted by molar-refractivity contribution is 0.486. The van der Waals surface area contributed by atoms with Crippen molar-refractivity contribution in [2.24, 2.45) is 5.92 Å². The zero-order chi connectivity index (χ0) is 8.97. The van der Waals surface area contributed by atoms with Crippen LogP contribution in [0.3, 0.4) is 0 Å². The number of hydrogen-bond donors (Lipinski definition) is 0. The monoisotopic (exact) mass is 162 g/mol. The van der Waals surface area contributed by atoms with Gasteiger partial charge in [-0.15, -0.1) is 0 Å². The summed E-state index contributed by atoms with van der Waals surface area (Å²) in [6.45, 7) is 5.13. The molecular formula is C10H14N2. The smallest absolute Gasteiger partial charge is 0.0625 e. The van der Waals surface area contributed by atoms with Gasteiger partial charge in [0.25, 0.3) is 0 Å². The van der Waals surface area contributed by atoms with Crippen molar-refractivity contribution in [3.8, 4) is 6.07 Å². The van der Waals surface area contributed by atoms with Gasteiger partial charge in [0, 0.05) is 24.9 Å². The van der Waals surface area contributed by atoms with Crippen molar-refractivity contribution in [1.82, 2.24) is 4.57 Å². The molecule has 1 rings (SSSR count). The zero-order valence-electron chi connectivity index (χ0n) is 7.62. The van der Waals surface area contributed by atoms with Crippen LogP contribution in [0.5, 0.6) is 0 Å². The second-order valence-electron chi connectivity index (χ2n) is 3.27. The Morgan fingerprint density at radius 3 is 2.92 bits per heavy atom. The summed E-state index contributed by atoms with van der Waals surface area (Å²) in [7, 11) is 0. The van der Waals surface area contributed by atoms with Crippen molar-refractivity contribution in [2.75, 3.05) is 0 Å². The molecule has 1 aromatic rings. The van der Waals surface area contributed by atoms with E-state index in [2.05, 4.69) is 36.7 Å². The molecule has 1 heterocycles. The fourth-order valence-corrected chi connectivity index (χ4v) is 1.26. The van der Waals surface area contributed by atoms with Crippen LogP contribution in [0, 0.1) is 24.2 Å². The summed E-state index contributed by atoms with van der Waals surface area (Å²) in [6.07, 6.45) is 2.70. The molecular weight excluding hydrogens is 148 g/mol. The number of hydrogen-bond acceptors (Lipinski definition) is 1. The zero-order valence-corrected chi connectivity index (χ0v) is 7.62. The predicted molar refractivity (Wildman–Crippen MR) is 48.6 cm³/mol. The first-order chi connectivity index (χ1) is 5.74. The average Bonchev–Trinajstić information content (AvgIpc) is 2.37. The minimum Gasteiger partial charge on any atom is -0.351 e. The van der Waals surface area contributed by atoms with Crippen molar-refractivity contribution in [3.05, 3.63) is 24.0 Å². The Bertz CT molecular complexity index is 280. The summed E-state index contributed by atoms with van der Waals surface area (Å²) in [5.74, 6) is 0.445. The summed E-state index contributed by atoms with van der Waals surface area (Å²) in [6, 6.07) is 6.30. The summed E-state index contributed by atoms with van der Waals surface area (Å²) < 4.78 is 2.18. The highest BCUT2D eigenvalue weighted by atomic mass is 15.0. The van der Waals surface area contributed by atoms with Gasteiger partial charge in [-0.1, -0.05) is 6.92 Å². The third kappa shape index (κ3) is 2.13. The molecule has 0 saturated carbocycles. The van der Waals surface area contributed by atoms with E-state index in [1.165, 1.54) is 5.69 Å². The summed E-state index contributed by atoms with van der Waals surface area (Å²) >= 11 is 0. The second kappa shape index (κ2) is 3.96. The van der Waals surface area contributed by atoms with Crippen molar-refractivity contribution in [1.29, 1.82) is 5.26 Å². The third-order valence-electron chi connectivity index (χ3n) is 2.00. The Morgan fingerprint density at radius 2 is 2.42 bits per heavy atom. The largest absolute Gasteiger partial charge is 0.351 e. The lowest BCUT2D eigenvalue weighted by Gasteiger charge is -2.10. The van der Waals surface area contributed by atoms with Gasteiger partial charge >= 0.3 is 0 Å². The highest BCUT2D eigenvalue weighted by Crippen LogP contribution is 2.08. The van der Waals surface area contributed by atoms with Crippen LogP contribution in [-0.4, -0.2) is 4.57 Å². The lowest BCUT2D eigenvalue weighted by Crippen LogP contribution is -2.06. The standard InChI is InChI=1S/C10H14N2/c1-9(5-6-11)8-12-7-3-4-10(12)2/h3-4,7,9H,5,8H2,1-2H3/t9-/m1/s1. The number of rotatable bonds is 3. The molecule has 12 heavy (non-hydrogen) atoms. The van der Waals surface area contributed by atoms with Crippen LogP contribution in [0.25, 0.3) is 0 Å². The van der Waals surface area contributed by atoms with Crippen molar-refractivity contribution in [3.63, 3.8) is 0 Å². The highest BCUT2D eigenvalue weighted by molar-refractivity contribution is 5.04. The van der Waals surface area contributed by atoms with Crippen molar-refractivity contribution < 1.29 is 0 Å². The minimum atomic E-state index is 0.445. The maximum atomic E-state index is 8.48. The molecule has 0 aromatic carbocycles. The highest BCUT2D eigenvalue weighted by Gasteiger charge is 2.02. The summed E-state index contributed by atoms with van der Waals surface area (Å²) in [4.78, 5) is 0. The molecule has 2 nitrogen and oxygen atoms in total. The SMILES string of the molecule is Cc1cccn1C[C@H](C)CC#N. The number of aryl methyl sites for hydroxylation is 1. The molecule has 2 heteroatoms. The van der Waals surface area contributed by atoms with Crippen LogP contribution in [0.1, 0.15) is 19.0 Å². The Hall–Kier alpha value is -1.23. The minimum absolute atomic E-state index is 0.445. The van der Waals surface area contributed by atoms with Gasteiger partial charge < -0.3 is 4.57 Å². The maximum absolute atomic E-state index is 8.48. The summed E-state index contributed by atoms with van der Waals surface area (Å²) in [5, 5.41) is 8.48. The second-order valence-corrected chi connectivity index (χ2v) is 3.27. The fourth-order valence-electron chi connectivity index (χ4n) is 1.26. The van der Waals surface area contributed by atoms with E-state index < -0.39 is 0 Å². The molecule has 1 aromatic heterocycles. The van der Waals surface area contributed by atoms with E-state index in [0.717, 1.165) is 6.54 Å². The van der Waals surface area contributed by atoms with Gasteiger partial charge in [0.2, 0.25) is 0 Å². The molecule has 0 bridgehead atoms. The molecule has 0 saturated heterocycles. The van der Waals surface area contributed by atoms with Gasteiger partial charge in [0.1, 0.15) is 0 Å². The van der Waals surface area contributed by atoms with Crippen LogP contribution >= 0.6 is 0 Å². The van der Waals surface area contributed by atoms with E-state index in [1.807, 2.05) is 6.07 Å². The van der Waals surface area contributed by atoms with Crippen molar-refractivity contribution in [2.45, 2.75) is 26.8 Å². The molecule has 1 atom stereocenters. The predicted octanol–water partition coefficient (Wildman–Crippen LogP) is 2.35. The molecule has 0 spiro atoms. The Labute approximate surface area is 73.4 Å². The first-order valence-corrected chi connectivity index (χ1v) is 4.22. The van der Waals surface area contributed by atoms with Gasteiger partial charge in [-0.05, 0) is 25.0 Å². The van der Waals surface area contributed by atoms with E-state index in [0.29, 0.717) is 12.3 Å². The number of aromatic nitrogens is 1. The molecule has 0 aliphatic rings. The Morgan fingerprint density at radius 1 is 1.67 bits per heavy atom. The summed E-state index contributed by atoms with van der Waals surface area (Å²) in [5.41, 5.74) is 1.26. The molecule has 0 aliphatic heterocycles. The van der Waals surface area contributed by atoms with Crippen LogP contribution in [0.4, 0.5) is 0 Å². The molecule has 0 aliphatic carbocycles. The van der Waals surface area contributed by atoms with Crippen LogP contribution in [0.15, 0.2) is 18.3 Å². The first kappa shape index (κ1) is 8.86. The van der Waals surface area contributed by atoms with E-state index in [1.54, 1.807) is 0 Å². The maximum Gasteiger partial charge on any atom is 0.0625 e. The third-order valence-corrected chi connectivity index (χ3v) is 2.00.